The third kappa shape index (κ3) is 4.96. The van der Waals surface area contributed by atoms with Crippen molar-refractivity contribution in [3.63, 3.8) is 0 Å². The van der Waals surface area contributed by atoms with Gasteiger partial charge in [-0.1, -0.05) is 26.7 Å². The first kappa shape index (κ1) is 16.8. The van der Waals surface area contributed by atoms with E-state index in [4.69, 9.17) is 4.98 Å². The highest BCUT2D eigenvalue weighted by Gasteiger charge is 2.22. The summed E-state index contributed by atoms with van der Waals surface area (Å²) in [7, 11) is 0. The second-order valence-electron chi connectivity index (χ2n) is 6.01. The number of nitrogens with one attached hydrogen (secondary N) is 1. The molecular weight excluding hydrogens is 326 g/mol. The van der Waals surface area contributed by atoms with E-state index in [1.165, 1.54) is 31.2 Å². The van der Waals surface area contributed by atoms with Crippen LogP contribution in [-0.4, -0.2) is 24.1 Å². The summed E-state index contributed by atoms with van der Waals surface area (Å²) in [5.41, 5.74) is 1.31. The normalized spacial score (nSPS) is 14.7. The van der Waals surface area contributed by atoms with Crippen LogP contribution < -0.4 is 10.2 Å². The van der Waals surface area contributed by atoms with Crippen molar-refractivity contribution >= 4 is 21.7 Å². The highest BCUT2D eigenvalue weighted by atomic mass is 79.9. The van der Waals surface area contributed by atoms with Crippen LogP contribution in [0.1, 0.15) is 52.0 Å². The average molecular weight is 354 g/mol. The van der Waals surface area contributed by atoms with Crippen LogP contribution in [0, 0.1) is 5.92 Å². The molecule has 1 saturated carbocycles. The second-order valence-corrected chi connectivity index (χ2v) is 6.93. The minimum Gasteiger partial charge on any atom is -0.356 e. The van der Waals surface area contributed by atoms with Gasteiger partial charge >= 0.3 is 0 Å². The maximum Gasteiger partial charge on any atom is 0.133 e. The van der Waals surface area contributed by atoms with E-state index in [2.05, 4.69) is 53.0 Å². The molecule has 3 nitrogen and oxygen atoms in total. The Kier molecular flexibility index (Phi) is 6.49. The SMILES string of the molecule is CCC(CC)CN(CC)c1ncc(Br)cc1CNC1CC1. The van der Waals surface area contributed by atoms with E-state index in [1.807, 2.05) is 6.20 Å². The van der Waals surface area contributed by atoms with E-state index in [1.54, 1.807) is 0 Å². The minimum atomic E-state index is 0.728. The molecule has 1 heterocycles. The molecule has 0 aliphatic heterocycles. The summed E-state index contributed by atoms with van der Waals surface area (Å²) >= 11 is 3.56. The molecule has 21 heavy (non-hydrogen) atoms. The van der Waals surface area contributed by atoms with Gasteiger partial charge in [0, 0.05) is 41.9 Å². The van der Waals surface area contributed by atoms with E-state index in [0.717, 1.165) is 41.9 Å². The molecule has 4 heteroatoms. The van der Waals surface area contributed by atoms with Gasteiger partial charge in [0.05, 0.1) is 0 Å². The smallest absolute Gasteiger partial charge is 0.133 e. The zero-order chi connectivity index (χ0) is 15.2. The van der Waals surface area contributed by atoms with Crippen LogP contribution in [0.4, 0.5) is 5.82 Å². The van der Waals surface area contributed by atoms with Crippen LogP contribution >= 0.6 is 15.9 Å². The Morgan fingerprint density at radius 2 is 2.05 bits per heavy atom. The molecule has 2 rings (SSSR count). The van der Waals surface area contributed by atoms with Crippen LogP contribution in [0.25, 0.3) is 0 Å². The number of anilines is 1. The monoisotopic (exact) mass is 353 g/mol. The van der Waals surface area contributed by atoms with Crippen LogP contribution in [0.3, 0.4) is 0 Å². The van der Waals surface area contributed by atoms with E-state index in [0.29, 0.717) is 0 Å². The van der Waals surface area contributed by atoms with Gasteiger partial charge in [-0.25, -0.2) is 4.98 Å². The fourth-order valence-corrected chi connectivity index (χ4v) is 3.03. The van der Waals surface area contributed by atoms with Crippen molar-refractivity contribution in [2.45, 2.75) is 59.0 Å². The first-order valence-corrected chi connectivity index (χ1v) is 9.09. The molecule has 1 aromatic heterocycles. The average Bonchev–Trinajstić information content (AvgIpc) is 3.32. The number of rotatable bonds is 9. The Morgan fingerprint density at radius 1 is 1.33 bits per heavy atom. The van der Waals surface area contributed by atoms with Crippen molar-refractivity contribution in [1.82, 2.24) is 10.3 Å². The first-order chi connectivity index (χ1) is 10.2. The standard InChI is InChI=1S/C17H28BrN3/c1-4-13(5-2)12-21(6-3)17-14(9-15(18)11-20-17)10-19-16-7-8-16/h9,11,13,16,19H,4-8,10,12H2,1-3H3. The van der Waals surface area contributed by atoms with Gasteiger partial charge in [0.15, 0.2) is 0 Å². The van der Waals surface area contributed by atoms with E-state index in [-0.39, 0.29) is 0 Å². The lowest BCUT2D eigenvalue weighted by Crippen LogP contribution is -2.31. The van der Waals surface area contributed by atoms with Crippen molar-refractivity contribution < 1.29 is 0 Å². The summed E-state index contributed by atoms with van der Waals surface area (Å²) < 4.78 is 1.07. The van der Waals surface area contributed by atoms with Crippen molar-refractivity contribution in [2.75, 3.05) is 18.0 Å². The summed E-state index contributed by atoms with van der Waals surface area (Å²) in [6.45, 7) is 9.84. The van der Waals surface area contributed by atoms with Gasteiger partial charge < -0.3 is 10.2 Å². The van der Waals surface area contributed by atoms with E-state index in [9.17, 15) is 0 Å². The summed E-state index contributed by atoms with van der Waals surface area (Å²) in [4.78, 5) is 7.15. The molecule has 1 N–H and O–H groups in total. The van der Waals surface area contributed by atoms with Gasteiger partial charge in [-0.15, -0.1) is 0 Å². The molecule has 0 atom stereocenters. The van der Waals surface area contributed by atoms with Gasteiger partial charge in [0.2, 0.25) is 0 Å². The third-order valence-electron chi connectivity index (χ3n) is 4.38. The Labute approximate surface area is 137 Å². The molecule has 0 aromatic carbocycles. The first-order valence-electron chi connectivity index (χ1n) is 8.30. The summed E-state index contributed by atoms with van der Waals surface area (Å²) in [6, 6.07) is 2.94. The molecule has 0 unspecified atom stereocenters. The van der Waals surface area contributed by atoms with Crippen LogP contribution in [0.15, 0.2) is 16.7 Å². The van der Waals surface area contributed by atoms with E-state index >= 15 is 0 Å². The third-order valence-corrected chi connectivity index (χ3v) is 4.82. The summed E-state index contributed by atoms with van der Waals surface area (Å²) in [5.74, 6) is 1.90. The molecule has 1 fully saturated rings. The number of aromatic nitrogens is 1. The number of hydrogen-bond donors (Lipinski definition) is 1. The van der Waals surface area contributed by atoms with Crippen molar-refractivity contribution in [2.24, 2.45) is 5.92 Å². The van der Waals surface area contributed by atoms with E-state index < -0.39 is 0 Å². The van der Waals surface area contributed by atoms with Crippen LogP contribution in [0.2, 0.25) is 0 Å². The molecule has 1 aliphatic rings. The molecule has 118 valence electrons. The quantitative estimate of drug-likeness (QED) is 0.714. The van der Waals surface area contributed by atoms with Gasteiger partial charge in [0.25, 0.3) is 0 Å². The largest absolute Gasteiger partial charge is 0.356 e. The molecule has 0 saturated heterocycles. The molecule has 1 aromatic rings. The lowest BCUT2D eigenvalue weighted by Gasteiger charge is -2.28. The van der Waals surface area contributed by atoms with Gasteiger partial charge in [-0.3, -0.25) is 0 Å². The highest BCUT2D eigenvalue weighted by molar-refractivity contribution is 9.10. The fourth-order valence-electron chi connectivity index (χ4n) is 2.65. The number of nitrogens with zero attached hydrogens (tertiary/aromatic N) is 2. The van der Waals surface area contributed by atoms with Gasteiger partial charge in [0.1, 0.15) is 5.82 Å². The van der Waals surface area contributed by atoms with Crippen molar-refractivity contribution in [3.05, 3.63) is 22.3 Å². The lowest BCUT2D eigenvalue weighted by atomic mass is 10.0. The fraction of sp³-hybridized carbons (Fsp3) is 0.706. The molecule has 0 bridgehead atoms. The predicted molar refractivity (Wildman–Crippen MR) is 93.8 cm³/mol. The highest BCUT2D eigenvalue weighted by Crippen LogP contribution is 2.25. The Balaban J connectivity index is 2.13. The minimum absolute atomic E-state index is 0.728. The Hall–Kier alpha value is -0.610. The number of pyridine rings is 1. The van der Waals surface area contributed by atoms with Crippen LogP contribution in [0.5, 0.6) is 0 Å². The molecule has 0 amide bonds. The molecule has 1 aliphatic carbocycles. The number of hydrogen-bond acceptors (Lipinski definition) is 3. The van der Waals surface area contributed by atoms with Crippen molar-refractivity contribution in [3.8, 4) is 0 Å². The van der Waals surface area contributed by atoms with Crippen molar-refractivity contribution in [1.29, 1.82) is 0 Å². The Morgan fingerprint density at radius 3 is 2.62 bits per heavy atom. The molecule has 0 radical (unpaired) electrons. The van der Waals surface area contributed by atoms with Crippen LogP contribution in [-0.2, 0) is 6.54 Å². The zero-order valence-electron chi connectivity index (χ0n) is 13.5. The maximum atomic E-state index is 4.71. The van der Waals surface area contributed by atoms with Gasteiger partial charge in [-0.05, 0) is 47.7 Å². The summed E-state index contributed by atoms with van der Waals surface area (Å²) in [6.07, 6.45) is 7.04. The zero-order valence-corrected chi connectivity index (χ0v) is 15.1. The predicted octanol–water partition coefficient (Wildman–Crippen LogP) is 4.36. The lowest BCUT2D eigenvalue weighted by molar-refractivity contribution is 0.483. The number of halogens is 1. The molecule has 0 spiro atoms. The summed E-state index contributed by atoms with van der Waals surface area (Å²) in [5, 5.41) is 3.61. The maximum absolute atomic E-state index is 4.71. The Bertz CT molecular complexity index is 442. The van der Waals surface area contributed by atoms with Gasteiger partial charge in [-0.2, -0.15) is 0 Å². The topological polar surface area (TPSA) is 28.2 Å². The molecular formula is C17H28BrN3. The second kappa shape index (κ2) is 8.14.